The van der Waals surface area contributed by atoms with Gasteiger partial charge in [-0.1, -0.05) is 6.07 Å². The maximum Gasteiger partial charge on any atom is 0.226 e. The number of phenols is 2. The Labute approximate surface area is 97.5 Å². The van der Waals surface area contributed by atoms with Crippen LogP contribution >= 0.6 is 0 Å². The molecule has 0 saturated carbocycles. The highest BCUT2D eigenvalue weighted by Crippen LogP contribution is 2.25. The van der Waals surface area contributed by atoms with Crippen LogP contribution in [0.4, 0.5) is 11.9 Å². The number of benzene rings is 1. The third-order valence-electron chi connectivity index (χ3n) is 2.40. The number of phenolic OH excluding ortho intramolecular Hbond substituents is 2. The van der Waals surface area contributed by atoms with Crippen LogP contribution in [-0.4, -0.2) is 25.0 Å². The third kappa shape index (κ3) is 2.22. The van der Waals surface area contributed by atoms with Crippen molar-refractivity contribution in [2.24, 2.45) is 7.05 Å². The lowest BCUT2D eigenvalue weighted by Crippen LogP contribution is -2.06. The third-order valence-corrected chi connectivity index (χ3v) is 2.40. The first-order valence-corrected chi connectivity index (χ1v) is 4.97. The van der Waals surface area contributed by atoms with Crippen LogP contribution in [0.2, 0.25) is 0 Å². The molecule has 1 aromatic carbocycles. The van der Waals surface area contributed by atoms with E-state index in [2.05, 4.69) is 15.5 Å². The summed E-state index contributed by atoms with van der Waals surface area (Å²) in [5.41, 5.74) is 6.34. The van der Waals surface area contributed by atoms with Crippen molar-refractivity contribution < 1.29 is 10.2 Å². The van der Waals surface area contributed by atoms with Crippen molar-refractivity contribution in [2.75, 3.05) is 11.1 Å². The zero-order valence-corrected chi connectivity index (χ0v) is 9.25. The maximum absolute atomic E-state index is 9.33. The highest BCUT2D eigenvalue weighted by Gasteiger charge is 2.05. The molecule has 0 bridgehead atoms. The van der Waals surface area contributed by atoms with Gasteiger partial charge in [-0.25, -0.2) is 0 Å². The number of hydrogen-bond donors (Lipinski definition) is 4. The van der Waals surface area contributed by atoms with Crippen LogP contribution in [0.15, 0.2) is 18.2 Å². The molecule has 0 radical (unpaired) electrons. The molecular weight excluding hydrogens is 222 g/mol. The van der Waals surface area contributed by atoms with Gasteiger partial charge in [0, 0.05) is 13.6 Å². The van der Waals surface area contributed by atoms with E-state index in [0.717, 1.165) is 5.56 Å². The molecule has 0 aliphatic carbocycles. The first kappa shape index (κ1) is 11.1. The topological polar surface area (TPSA) is 109 Å². The maximum atomic E-state index is 9.33. The van der Waals surface area contributed by atoms with E-state index in [-0.39, 0.29) is 11.5 Å². The lowest BCUT2D eigenvalue weighted by molar-refractivity contribution is 0.403. The summed E-state index contributed by atoms with van der Waals surface area (Å²) < 4.78 is 1.61. The summed E-state index contributed by atoms with van der Waals surface area (Å²) in [7, 11) is 1.74. The summed E-state index contributed by atoms with van der Waals surface area (Å²) in [4.78, 5) is 0. The van der Waals surface area contributed by atoms with Gasteiger partial charge in [0.1, 0.15) is 0 Å². The summed E-state index contributed by atoms with van der Waals surface area (Å²) >= 11 is 0. The van der Waals surface area contributed by atoms with E-state index in [0.29, 0.717) is 18.4 Å². The standard InChI is InChI=1S/C10H13N5O2/c1-15-9(11)13-14-10(15)12-5-6-2-3-7(16)8(17)4-6/h2-4,16-17H,5H2,1H3,(H2,11,13)(H,12,14). The van der Waals surface area contributed by atoms with Crippen molar-refractivity contribution in [1.82, 2.24) is 14.8 Å². The Hall–Kier alpha value is -2.44. The molecule has 0 amide bonds. The Balaban J connectivity index is 2.07. The molecule has 2 aromatic rings. The van der Waals surface area contributed by atoms with Gasteiger partial charge in [0.2, 0.25) is 11.9 Å². The van der Waals surface area contributed by atoms with Gasteiger partial charge in [-0.3, -0.25) is 4.57 Å². The fourth-order valence-electron chi connectivity index (χ4n) is 1.36. The van der Waals surface area contributed by atoms with Gasteiger partial charge in [-0.05, 0) is 17.7 Å². The van der Waals surface area contributed by atoms with E-state index >= 15 is 0 Å². The fraction of sp³-hybridized carbons (Fsp3) is 0.200. The molecule has 90 valence electrons. The summed E-state index contributed by atoms with van der Waals surface area (Å²) in [6.07, 6.45) is 0. The zero-order valence-electron chi connectivity index (χ0n) is 9.25. The Morgan fingerprint density at radius 2 is 2.06 bits per heavy atom. The summed E-state index contributed by atoms with van der Waals surface area (Å²) in [5, 5.41) is 29.0. The molecule has 17 heavy (non-hydrogen) atoms. The van der Waals surface area contributed by atoms with Gasteiger partial charge in [-0.15, -0.1) is 10.2 Å². The SMILES string of the molecule is Cn1c(N)nnc1NCc1ccc(O)c(O)c1. The number of aromatic nitrogens is 3. The number of aromatic hydroxyl groups is 2. The van der Waals surface area contributed by atoms with Crippen molar-refractivity contribution in [3.05, 3.63) is 23.8 Å². The molecule has 0 spiro atoms. The Kier molecular flexibility index (Phi) is 2.73. The Bertz CT molecular complexity index is 537. The van der Waals surface area contributed by atoms with Crippen LogP contribution in [0.1, 0.15) is 5.56 Å². The van der Waals surface area contributed by atoms with Gasteiger partial charge in [-0.2, -0.15) is 0 Å². The largest absolute Gasteiger partial charge is 0.504 e. The molecule has 0 saturated heterocycles. The number of nitrogens with one attached hydrogen (secondary N) is 1. The lowest BCUT2D eigenvalue weighted by atomic mass is 10.2. The molecule has 0 fully saturated rings. The van der Waals surface area contributed by atoms with Crippen molar-refractivity contribution >= 4 is 11.9 Å². The second kappa shape index (κ2) is 4.20. The van der Waals surface area contributed by atoms with Gasteiger partial charge >= 0.3 is 0 Å². The van der Waals surface area contributed by atoms with E-state index < -0.39 is 0 Å². The van der Waals surface area contributed by atoms with Crippen molar-refractivity contribution in [3.8, 4) is 11.5 Å². The average Bonchev–Trinajstić information content (AvgIpc) is 2.62. The van der Waals surface area contributed by atoms with Crippen LogP contribution in [0.25, 0.3) is 0 Å². The average molecular weight is 235 g/mol. The molecule has 1 aromatic heterocycles. The molecule has 1 heterocycles. The quantitative estimate of drug-likeness (QED) is 0.574. The van der Waals surface area contributed by atoms with Crippen molar-refractivity contribution in [1.29, 1.82) is 0 Å². The number of anilines is 2. The predicted molar refractivity (Wildman–Crippen MR) is 62.5 cm³/mol. The number of rotatable bonds is 3. The zero-order chi connectivity index (χ0) is 12.4. The van der Waals surface area contributed by atoms with Crippen LogP contribution in [0.3, 0.4) is 0 Å². The fourth-order valence-corrected chi connectivity index (χ4v) is 1.36. The summed E-state index contributed by atoms with van der Waals surface area (Å²) in [6, 6.07) is 4.60. The number of hydrogen-bond acceptors (Lipinski definition) is 6. The van der Waals surface area contributed by atoms with E-state index in [4.69, 9.17) is 10.8 Å². The number of nitrogens with zero attached hydrogens (tertiary/aromatic N) is 3. The van der Waals surface area contributed by atoms with E-state index in [1.807, 2.05) is 0 Å². The van der Waals surface area contributed by atoms with Gasteiger partial charge in [0.15, 0.2) is 11.5 Å². The van der Waals surface area contributed by atoms with Crippen LogP contribution in [0.5, 0.6) is 11.5 Å². The normalized spacial score (nSPS) is 10.4. The second-order valence-electron chi connectivity index (χ2n) is 3.62. The minimum absolute atomic E-state index is 0.142. The number of nitrogens with two attached hydrogens (primary N) is 1. The van der Waals surface area contributed by atoms with Crippen LogP contribution in [0, 0.1) is 0 Å². The van der Waals surface area contributed by atoms with Gasteiger partial charge < -0.3 is 21.3 Å². The first-order valence-electron chi connectivity index (χ1n) is 4.97. The van der Waals surface area contributed by atoms with Gasteiger partial charge in [0.05, 0.1) is 0 Å². The molecule has 7 heteroatoms. The first-order chi connectivity index (χ1) is 8.08. The predicted octanol–water partition coefficient (Wildman–Crippen LogP) is 0.421. The lowest BCUT2D eigenvalue weighted by Gasteiger charge is -2.06. The van der Waals surface area contributed by atoms with E-state index in [1.165, 1.54) is 12.1 Å². The van der Waals surface area contributed by atoms with Crippen LogP contribution in [-0.2, 0) is 13.6 Å². The molecular formula is C10H13N5O2. The molecule has 5 N–H and O–H groups in total. The monoisotopic (exact) mass is 235 g/mol. The molecule has 7 nitrogen and oxygen atoms in total. The van der Waals surface area contributed by atoms with Crippen molar-refractivity contribution in [2.45, 2.75) is 6.54 Å². The second-order valence-corrected chi connectivity index (χ2v) is 3.62. The Morgan fingerprint density at radius 3 is 2.65 bits per heavy atom. The molecule has 0 aliphatic heterocycles. The Morgan fingerprint density at radius 1 is 1.29 bits per heavy atom. The highest BCUT2D eigenvalue weighted by atomic mass is 16.3. The molecule has 0 unspecified atom stereocenters. The minimum atomic E-state index is -0.151. The van der Waals surface area contributed by atoms with E-state index in [1.54, 1.807) is 17.7 Å². The molecule has 2 rings (SSSR count). The van der Waals surface area contributed by atoms with Gasteiger partial charge in [0.25, 0.3) is 0 Å². The van der Waals surface area contributed by atoms with Crippen molar-refractivity contribution in [3.63, 3.8) is 0 Å². The molecule has 0 atom stereocenters. The van der Waals surface area contributed by atoms with Crippen LogP contribution < -0.4 is 11.1 Å². The highest BCUT2D eigenvalue weighted by molar-refractivity contribution is 5.42. The number of nitrogen functional groups attached to an aromatic ring is 1. The minimum Gasteiger partial charge on any atom is -0.504 e. The summed E-state index contributed by atoms with van der Waals surface area (Å²) in [5.74, 6) is 0.564. The molecule has 0 aliphatic rings. The summed E-state index contributed by atoms with van der Waals surface area (Å²) in [6.45, 7) is 0.444. The smallest absolute Gasteiger partial charge is 0.226 e. The van der Waals surface area contributed by atoms with E-state index in [9.17, 15) is 5.11 Å².